The molecule has 0 fully saturated rings. The maximum absolute atomic E-state index is 13.0. The van der Waals surface area contributed by atoms with Gasteiger partial charge in [0.25, 0.3) is 0 Å². The number of hydrogen-bond donors (Lipinski definition) is 0. The highest BCUT2D eigenvalue weighted by atomic mass is 19.1. The second kappa shape index (κ2) is 4.00. The lowest BCUT2D eigenvalue weighted by molar-refractivity contribution is 0.111. The van der Waals surface area contributed by atoms with Crippen molar-refractivity contribution in [3.63, 3.8) is 0 Å². The van der Waals surface area contributed by atoms with Crippen molar-refractivity contribution in [2.24, 2.45) is 0 Å². The number of nitrogens with zero attached hydrogens (tertiary/aromatic N) is 1. The first-order chi connectivity index (χ1) is 7.29. The monoisotopic (exact) mass is 201 g/mol. The number of rotatable bonds is 2. The standard InChI is InChI=1S/C12H8FNO/c13-11-3-1-2-9(6-11)10-4-5-14-12(7-10)8-15/h1-8H. The van der Waals surface area contributed by atoms with Gasteiger partial charge in [0.15, 0.2) is 6.29 Å². The Morgan fingerprint density at radius 3 is 2.67 bits per heavy atom. The van der Waals surface area contributed by atoms with E-state index in [0.717, 1.165) is 11.1 Å². The molecule has 0 aliphatic heterocycles. The molecule has 1 aromatic heterocycles. The predicted octanol–water partition coefficient (Wildman–Crippen LogP) is 2.70. The summed E-state index contributed by atoms with van der Waals surface area (Å²) in [4.78, 5) is 14.4. The Bertz CT molecular complexity index is 496. The van der Waals surface area contributed by atoms with Crippen LogP contribution in [-0.2, 0) is 0 Å². The Balaban J connectivity index is 2.49. The van der Waals surface area contributed by atoms with E-state index in [2.05, 4.69) is 4.98 Å². The van der Waals surface area contributed by atoms with Crippen molar-refractivity contribution in [3.8, 4) is 11.1 Å². The fraction of sp³-hybridized carbons (Fsp3) is 0. The lowest BCUT2D eigenvalue weighted by atomic mass is 10.1. The molecule has 1 aromatic carbocycles. The summed E-state index contributed by atoms with van der Waals surface area (Å²) in [6.45, 7) is 0. The molecule has 0 spiro atoms. The Morgan fingerprint density at radius 1 is 1.13 bits per heavy atom. The van der Waals surface area contributed by atoms with Crippen molar-refractivity contribution in [3.05, 3.63) is 54.1 Å². The van der Waals surface area contributed by atoms with Crippen molar-refractivity contribution in [2.45, 2.75) is 0 Å². The van der Waals surface area contributed by atoms with Crippen molar-refractivity contribution < 1.29 is 9.18 Å². The fourth-order valence-corrected chi connectivity index (χ4v) is 1.36. The van der Waals surface area contributed by atoms with E-state index in [-0.39, 0.29) is 5.82 Å². The van der Waals surface area contributed by atoms with Gasteiger partial charge in [-0.2, -0.15) is 0 Å². The number of pyridine rings is 1. The Labute approximate surface area is 86.4 Å². The van der Waals surface area contributed by atoms with Gasteiger partial charge in [0, 0.05) is 6.20 Å². The lowest BCUT2D eigenvalue weighted by Gasteiger charge is -2.01. The number of hydrogen-bond acceptors (Lipinski definition) is 2. The van der Waals surface area contributed by atoms with Gasteiger partial charge < -0.3 is 0 Å². The molecular formula is C12H8FNO. The van der Waals surface area contributed by atoms with Crippen LogP contribution in [0.5, 0.6) is 0 Å². The number of benzene rings is 1. The van der Waals surface area contributed by atoms with Gasteiger partial charge in [0.1, 0.15) is 11.5 Å². The summed E-state index contributed by atoms with van der Waals surface area (Å²) in [7, 11) is 0. The van der Waals surface area contributed by atoms with Crippen LogP contribution >= 0.6 is 0 Å². The van der Waals surface area contributed by atoms with Gasteiger partial charge in [-0.1, -0.05) is 12.1 Å². The fourth-order valence-electron chi connectivity index (χ4n) is 1.36. The summed E-state index contributed by atoms with van der Waals surface area (Å²) >= 11 is 0. The molecule has 0 atom stereocenters. The summed E-state index contributed by atoms with van der Waals surface area (Å²) < 4.78 is 13.0. The summed E-state index contributed by atoms with van der Waals surface area (Å²) in [5.74, 6) is -0.294. The van der Waals surface area contributed by atoms with E-state index in [1.807, 2.05) is 0 Å². The maximum atomic E-state index is 13.0. The molecule has 0 saturated carbocycles. The highest BCUT2D eigenvalue weighted by molar-refractivity contribution is 5.76. The molecule has 0 bridgehead atoms. The van der Waals surface area contributed by atoms with Crippen LogP contribution in [0.2, 0.25) is 0 Å². The van der Waals surface area contributed by atoms with E-state index in [4.69, 9.17) is 0 Å². The average molecular weight is 201 g/mol. The summed E-state index contributed by atoms with van der Waals surface area (Å²) in [6.07, 6.45) is 2.20. The number of halogens is 1. The average Bonchev–Trinajstić information content (AvgIpc) is 2.29. The van der Waals surface area contributed by atoms with Gasteiger partial charge >= 0.3 is 0 Å². The van der Waals surface area contributed by atoms with E-state index in [1.165, 1.54) is 18.3 Å². The highest BCUT2D eigenvalue weighted by Gasteiger charge is 2.00. The van der Waals surface area contributed by atoms with Crippen LogP contribution in [0.15, 0.2) is 42.6 Å². The number of aldehydes is 1. The van der Waals surface area contributed by atoms with Crippen LogP contribution in [-0.4, -0.2) is 11.3 Å². The Morgan fingerprint density at radius 2 is 1.93 bits per heavy atom. The molecule has 0 unspecified atom stereocenters. The minimum atomic E-state index is -0.294. The maximum Gasteiger partial charge on any atom is 0.168 e. The first-order valence-electron chi connectivity index (χ1n) is 4.47. The molecule has 0 radical (unpaired) electrons. The van der Waals surface area contributed by atoms with Gasteiger partial charge in [0.2, 0.25) is 0 Å². The summed E-state index contributed by atoms with van der Waals surface area (Å²) in [5.41, 5.74) is 1.86. The second-order valence-corrected chi connectivity index (χ2v) is 3.10. The minimum absolute atomic E-state index is 0.294. The van der Waals surface area contributed by atoms with E-state index in [1.54, 1.807) is 24.3 Å². The van der Waals surface area contributed by atoms with Crippen LogP contribution in [0.4, 0.5) is 4.39 Å². The van der Waals surface area contributed by atoms with Crippen molar-refractivity contribution in [1.29, 1.82) is 0 Å². The molecule has 2 aromatic rings. The predicted molar refractivity (Wildman–Crippen MR) is 55.0 cm³/mol. The number of carbonyl (C=O) groups is 1. The third-order valence-corrected chi connectivity index (χ3v) is 2.06. The van der Waals surface area contributed by atoms with E-state index >= 15 is 0 Å². The quantitative estimate of drug-likeness (QED) is 0.699. The number of aromatic nitrogens is 1. The molecule has 3 heteroatoms. The van der Waals surface area contributed by atoms with Gasteiger partial charge in [-0.15, -0.1) is 0 Å². The molecule has 1 heterocycles. The SMILES string of the molecule is O=Cc1cc(-c2cccc(F)c2)ccn1. The van der Waals surface area contributed by atoms with Crippen LogP contribution < -0.4 is 0 Å². The molecule has 0 N–H and O–H groups in total. The molecule has 74 valence electrons. The topological polar surface area (TPSA) is 30.0 Å². The first-order valence-corrected chi connectivity index (χ1v) is 4.47. The Hall–Kier alpha value is -2.03. The molecule has 0 aliphatic rings. The van der Waals surface area contributed by atoms with Gasteiger partial charge in [-0.05, 0) is 35.4 Å². The second-order valence-electron chi connectivity index (χ2n) is 3.10. The zero-order valence-corrected chi connectivity index (χ0v) is 7.85. The molecule has 0 aliphatic carbocycles. The van der Waals surface area contributed by atoms with Crippen LogP contribution in [0.1, 0.15) is 10.5 Å². The molecule has 2 nitrogen and oxygen atoms in total. The molecular weight excluding hydrogens is 193 g/mol. The van der Waals surface area contributed by atoms with Gasteiger partial charge in [-0.3, -0.25) is 9.78 Å². The van der Waals surface area contributed by atoms with Crippen LogP contribution in [0.25, 0.3) is 11.1 Å². The zero-order chi connectivity index (χ0) is 10.7. The summed E-state index contributed by atoms with van der Waals surface area (Å²) in [6, 6.07) is 9.58. The highest BCUT2D eigenvalue weighted by Crippen LogP contribution is 2.19. The molecule has 2 rings (SSSR count). The zero-order valence-electron chi connectivity index (χ0n) is 7.85. The van der Waals surface area contributed by atoms with Crippen molar-refractivity contribution in [1.82, 2.24) is 4.98 Å². The number of carbonyl (C=O) groups excluding carboxylic acids is 1. The third kappa shape index (κ3) is 2.07. The third-order valence-electron chi connectivity index (χ3n) is 2.06. The molecule has 0 amide bonds. The first kappa shape index (κ1) is 9.52. The molecule has 0 saturated heterocycles. The summed E-state index contributed by atoms with van der Waals surface area (Å²) in [5, 5.41) is 0. The van der Waals surface area contributed by atoms with Gasteiger partial charge in [-0.25, -0.2) is 4.39 Å². The normalized spacial score (nSPS) is 9.93. The van der Waals surface area contributed by atoms with Crippen molar-refractivity contribution >= 4 is 6.29 Å². The van der Waals surface area contributed by atoms with E-state index in [9.17, 15) is 9.18 Å². The van der Waals surface area contributed by atoms with E-state index < -0.39 is 0 Å². The van der Waals surface area contributed by atoms with Gasteiger partial charge in [0.05, 0.1) is 0 Å². The molecule has 15 heavy (non-hydrogen) atoms. The smallest absolute Gasteiger partial charge is 0.168 e. The lowest BCUT2D eigenvalue weighted by Crippen LogP contribution is -1.87. The Kier molecular flexibility index (Phi) is 2.54. The van der Waals surface area contributed by atoms with Crippen molar-refractivity contribution in [2.75, 3.05) is 0 Å². The van der Waals surface area contributed by atoms with Crippen LogP contribution in [0.3, 0.4) is 0 Å². The largest absolute Gasteiger partial charge is 0.296 e. The van der Waals surface area contributed by atoms with E-state index in [0.29, 0.717) is 12.0 Å². The minimum Gasteiger partial charge on any atom is -0.296 e. The van der Waals surface area contributed by atoms with Crippen LogP contribution in [0, 0.1) is 5.82 Å².